The molecule has 2 aromatic rings. The normalized spacial score (nSPS) is 11.7. The Morgan fingerprint density at radius 1 is 1.00 bits per heavy atom. The topological polar surface area (TPSA) is 49.4 Å². The van der Waals surface area contributed by atoms with Crippen LogP contribution in [0.5, 0.6) is 0 Å². The van der Waals surface area contributed by atoms with Gasteiger partial charge in [-0.1, -0.05) is 60.2 Å². The molecule has 1 N–H and O–H groups in total. The third-order valence-corrected chi connectivity index (χ3v) is 5.32. The summed E-state index contributed by atoms with van der Waals surface area (Å²) < 4.78 is 28.4. The van der Waals surface area contributed by atoms with Gasteiger partial charge in [0.2, 0.25) is 0 Å². The molecule has 0 aliphatic carbocycles. The minimum atomic E-state index is -3.67. The molecule has 27 heavy (non-hydrogen) atoms. The van der Waals surface area contributed by atoms with Gasteiger partial charge in [0.25, 0.3) is 10.0 Å². The first kappa shape index (κ1) is 20.5. The molecule has 0 aliphatic rings. The van der Waals surface area contributed by atoms with Gasteiger partial charge in [0.15, 0.2) is 0 Å². The first-order valence-corrected chi connectivity index (χ1v) is 10.2. The number of nitrogens with one attached hydrogen (secondary N) is 1. The lowest BCUT2D eigenvalue weighted by molar-refractivity contribution is 0.455. The molecule has 0 bridgehead atoms. The monoisotopic (exact) mass is 382 g/mol. The molecule has 0 radical (unpaired) electrons. The largest absolute Gasteiger partial charge is 0.369 e. The van der Waals surface area contributed by atoms with Crippen molar-refractivity contribution in [2.45, 2.75) is 18.2 Å². The zero-order valence-corrected chi connectivity index (χ0v) is 16.5. The van der Waals surface area contributed by atoms with Crippen LogP contribution in [0.15, 0.2) is 96.7 Å². The van der Waals surface area contributed by atoms with E-state index in [1.807, 2.05) is 48.4 Å². The second-order valence-corrected chi connectivity index (χ2v) is 7.95. The van der Waals surface area contributed by atoms with Crippen LogP contribution in [0.3, 0.4) is 0 Å². The van der Waals surface area contributed by atoms with E-state index in [1.165, 1.54) is 0 Å². The zero-order valence-electron chi connectivity index (χ0n) is 15.6. The number of sulfonamides is 1. The van der Waals surface area contributed by atoms with Crippen molar-refractivity contribution in [3.8, 4) is 0 Å². The van der Waals surface area contributed by atoms with Crippen LogP contribution >= 0.6 is 0 Å². The molecule has 0 spiro atoms. The maximum atomic E-state index is 12.8. The van der Waals surface area contributed by atoms with Crippen molar-refractivity contribution in [1.82, 2.24) is 9.62 Å². The number of aryl methyl sites for hydroxylation is 1. The Kier molecular flexibility index (Phi) is 7.44. The van der Waals surface area contributed by atoms with Gasteiger partial charge in [-0.15, -0.1) is 13.2 Å². The first-order valence-electron chi connectivity index (χ1n) is 8.74. The van der Waals surface area contributed by atoms with E-state index in [-0.39, 0.29) is 4.90 Å². The van der Waals surface area contributed by atoms with Crippen molar-refractivity contribution in [3.05, 3.63) is 103 Å². The van der Waals surface area contributed by atoms with Crippen molar-refractivity contribution >= 4 is 10.0 Å². The summed E-state index contributed by atoms with van der Waals surface area (Å²) in [6.45, 7) is 10.6. The molecule has 5 heteroatoms. The quantitative estimate of drug-likeness (QED) is 0.631. The fourth-order valence-electron chi connectivity index (χ4n) is 2.60. The molecule has 4 nitrogen and oxygen atoms in total. The van der Waals surface area contributed by atoms with Crippen molar-refractivity contribution in [2.75, 3.05) is 13.1 Å². The molecule has 0 fully saturated rings. The van der Waals surface area contributed by atoms with Crippen molar-refractivity contribution in [2.24, 2.45) is 0 Å². The predicted octanol–water partition coefficient (Wildman–Crippen LogP) is 4.03. The number of hydrogen-bond donors (Lipinski definition) is 1. The second kappa shape index (κ2) is 9.78. The van der Waals surface area contributed by atoms with E-state index in [0.29, 0.717) is 25.2 Å². The molecule has 0 saturated carbocycles. The van der Waals surface area contributed by atoms with Gasteiger partial charge in [0.05, 0.1) is 4.90 Å². The molecule has 0 amide bonds. The minimum absolute atomic E-state index is 0.242. The predicted molar refractivity (Wildman–Crippen MR) is 112 cm³/mol. The summed E-state index contributed by atoms with van der Waals surface area (Å²) in [4.78, 5) is 2.20. The Bertz CT molecular complexity index is 876. The molecule has 142 valence electrons. The van der Waals surface area contributed by atoms with Gasteiger partial charge in [-0.2, -0.15) is 0 Å². The van der Waals surface area contributed by atoms with E-state index in [0.717, 1.165) is 11.1 Å². The summed E-state index contributed by atoms with van der Waals surface area (Å²) >= 11 is 0. The van der Waals surface area contributed by atoms with E-state index in [2.05, 4.69) is 17.9 Å². The van der Waals surface area contributed by atoms with Gasteiger partial charge < -0.3 is 4.90 Å². The second-order valence-electron chi connectivity index (χ2n) is 6.27. The molecular formula is C22H26N2O2S. The van der Waals surface area contributed by atoms with Gasteiger partial charge in [-0.05, 0) is 24.6 Å². The number of rotatable bonds is 10. The third kappa shape index (κ3) is 6.46. The Balaban J connectivity index is 2.34. The highest BCUT2D eigenvalue weighted by Gasteiger charge is 2.16. The summed E-state index contributed by atoms with van der Waals surface area (Å²) in [5, 5.41) is 0. The molecule has 2 rings (SSSR count). The fraction of sp³-hybridized carbons (Fsp3) is 0.182. The maximum Gasteiger partial charge on any atom is 0.261 e. The smallest absolute Gasteiger partial charge is 0.261 e. The van der Waals surface area contributed by atoms with Gasteiger partial charge in [-0.25, -0.2) is 8.42 Å². The van der Waals surface area contributed by atoms with Crippen molar-refractivity contribution in [3.63, 3.8) is 0 Å². The highest BCUT2D eigenvalue weighted by Crippen LogP contribution is 2.14. The molecule has 0 heterocycles. The average Bonchev–Trinajstić information content (AvgIpc) is 2.63. The molecule has 0 unspecified atom stereocenters. The van der Waals surface area contributed by atoms with Crippen LogP contribution in [0.1, 0.15) is 11.1 Å². The number of nitrogens with zero attached hydrogens (tertiary/aromatic N) is 1. The van der Waals surface area contributed by atoms with Crippen LogP contribution in [-0.2, 0) is 16.4 Å². The minimum Gasteiger partial charge on any atom is -0.369 e. The Morgan fingerprint density at radius 2 is 1.59 bits per heavy atom. The standard InChI is InChI=1S/C22H26N2O2S/c1-4-15-24(16-5-2)18-21(17-20-9-7-6-8-10-20)23-27(25,26)22-13-11-19(3)12-14-22/h4-14,18,23H,1-2,15-17H2,3H3/b21-18-. The van der Waals surface area contributed by atoms with Crippen LogP contribution < -0.4 is 4.72 Å². The maximum absolute atomic E-state index is 12.8. The van der Waals surface area contributed by atoms with Gasteiger partial charge in [-0.3, -0.25) is 4.72 Å². The lowest BCUT2D eigenvalue weighted by Gasteiger charge is -2.20. The zero-order chi connectivity index (χ0) is 19.7. The molecule has 0 atom stereocenters. The van der Waals surface area contributed by atoms with Crippen LogP contribution in [0.4, 0.5) is 0 Å². The first-order chi connectivity index (χ1) is 12.9. The van der Waals surface area contributed by atoms with Crippen LogP contribution in [-0.4, -0.2) is 26.4 Å². The van der Waals surface area contributed by atoms with Crippen molar-refractivity contribution in [1.29, 1.82) is 0 Å². The Morgan fingerprint density at radius 3 is 2.15 bits per heavy atom. The average molecular weight is 383 g/mol. The lowest BCUT2D eigenvalue weighted by atomic mass is 10.1. The third-order valence-electron chi connectivity index (χ3n) is 3.90. The Labute approximate surface area is 162 Å². The molecular weight excluding hydrogens is 356 g/mol. The van der Waals surface area contributed by atoms with E-state index in [9.17, 15) is 8.42 Å². The summed E-state index contributed by atoms with van der Waals surface area (Å²) in [5.41, 5.74) is 2.62. The van der Waals surface area contributed by atoms with Crippen molar-refractivity contribution < 1.29 is 8.42 Å². The summed E-state index contributed by atoms with van der Waals surface area (Å²) in [5.74, 6) is 0. The van der Waals surface area contributed by atoms with Gasteiger partial charge in [0.1, 0.15) is 0 Å². The van der Waals surface area contributed by atoms with Gasteiger partial charge in [0, 0.05) is 31.4 Å². The van der Waals surface area contributed by atoms with Crippen LogP contribution in [0, 0.1) is 6.92 Å². The molecule has 0 aliphatic heterocycles. The molecule has 0 aromatic heterocycles. The SMILES string of the molecule is C=CCN(/C=C(/Cc1ccccc1)NS(=O)(=O)c1ccc(C)cc1)CC=C. The molecule has 2 aromatic carbocycles. The van der Waals surface area contributed by atoms with Crippen LogP contribution in [0.25, 0.3) is 0 Å². The van der Waals surface area contributed by atoms with E-state index >= 15 is 0 Å². The van der Waals surface area contributed by atoms with Crippen LogP contribution in [0.2, 0.25) is 0 Å². The number of benzene rings is 2. The highest BCUT2D eigenvalue weighted by atomic mass is 32.2. The summed E-state index contributed by atoms with van der Waals surface area (Å²) in [7, 11) is -3.67. The lowest BCUT2D eigenvalue weighted by Crippen LogP contribution is -2.27. The highest BCUT2D eigenvalue weighted by molar-refractivity contribution is 7.89. The summed E-state index contributed by atoms with van der Waals surface area (Å²) in [6, 6.07) is 16.6. The number of hydrogen-bond acceptors (Lipinski definition) is 3. The summed E-state index contributed by atoms with van der Waals surface area (Å²) in [6.07, 6.45) is 5.84. The Hall–Kier alpha value is -2.79. The van der Waals surface area contributed by atoms with E-state index < -0.39 is 10.0 Å². The van der Waals surface area contributed by atoms with Gasteiger partial charge >= 0.3 is 0 Å². The fourth-order valence-corrected chi connectivity index (χ4v) is 3.69. The number of allylic oxidation sites excluding steroid dienone is 1. The molecule has 0 saturated heterocycles. The van der Waals surface area contributed by atoms with E-state index in [1.54, 1.807) is 36.4 Å². The van der Waals surface area contributed by atoms with E-state index in [4.69, 9.17) is 0 Å².